The molecule has 1 fully saturated rings. The van der Waals surface area contributed by atoms with Gasteiger partial charge in [-0.3, -0.25) is 4.79 Å². The van der Waals surface area contributed by atoms with Crippen molar-refractivity contribution in [3.05, 3.63) is 47.5 Å². The number of amides is 1. The van der Waals surface area contributed by atoms with Gasteiger partial charge in [0.05, 0.1) is 44.0 Å². The smallest absolute Gasteiger partial charge is 0.335 e. The van der Waals surface area contributed by atoms with Gasteiger partial charge in [0, 0.05) is 25.6 Å². The predicted octanol–water partition coefficient (Wildman–Crippen LogP) is 2.27. The highest BCUT2D eigenvalue weighted by Gasteiger charge is 2.41. The van der Waals surface area contributed by atoms with Gasteiger partial charge in [0.1, 0.15) is 11.5 Å². The third-order valence-corrected chi connectivity index (χ3v) is 6.36. The van der Waals surface area contributed by atoms with Crippen LogP contribution in [0.1, 0.15) is 26.7 Å². The third-order valence-electron chi connectivity index (χ3n) is 6.36. The minimum absolute atomic E-state index is 0.0115. The summed E-state index contributed by atoms with van der Waals surface area (Å²) in [7, 11) is 3.06. The number of carboxylic acid groups (broad SMARTS) is 1. The number of morpholine rings is 1. The fraction of sp³-hybridized carbons (Fsp3) is 0.583. The van der Waals surface area contributed by atoms with Crippen LogP contribution in [-0.2, 0) is 23.8 Å². The minimum atomic E-state index is -0.980. The van der Waals surface area contributed by atoms with E-state index in [0.717, 1.165) is 0 Å². The second-order valence-corrected chi connectivity index (χ2v) is 8.69. The molecule has 2 N–H and O–H groups in total. The first-order valence-electron chi connectivity index (χ1n) is 11.0. The first-order chi connectivity index (χ1) is 15.2. The summed E-state index contributed by atoms with van der Waals surface area (Å²) in [5.74, 6) is -0.843. The Morgan fingerprint density at radius 1 is 1.22 bits per heavy atom. The van der Waals surface area contributed by atoms with Gasteiger partial charge in [-0.1, -0.05) is 18.2 Å². The zero-order chi connectivity index (χ0) is 23.4. The molecule has 176 valence electrons. The van der Waals surface area contributed by atoms with Crippen molar-refractivity contribution in [1.82, 2.24) is 4.90 Å². The zero-order valence-electron chi connectivity index (χ0n) is 19.1. The molecule has 1 aliphatic heterocycles. The van der Waals surface area contributed by atoms with Gasteiger partial charge in [0.15, 0.2) is 0 Å². The first-order valence-corrected chi connectivity index (χ1v) is 11.0. The molecule has 0 aromatic rings. The fourth-order valence-corrected chi connectivity index (χ4v) is 4.88. The van der Waals surface area contributed by atoms with Gasteiger partial charge in [0.2, 0.25) is 5.91 Å². The molecule has 0 aromatic heterocycles. The standard InChI is InChI=1S/C24H33NO7/c1-14-12-25(13-15(2)32-14)22(27)11-19(16-5-7-17(8-6-16)24(28)29)23-20(26)9-18(30-3)10-21(23)31-4/h5,7-10,14-16,19-20,23,26H,6,11-13H2,1-4H3,(H,28,29)/t14-,15+,16-,19?,20?,23?/m1/s1. The molecule has 32 heavy (non-hydrogen) atoms. The Hall–Kier alpha value is -2.58. The van der Waals surface area contributed by atoms with Crippen molar-refractivity contribution in [2.45, 2.75) is 45.0 Å². The number of allylic oxidation sites excluding steroid dienone is 3. The third kappa shape index (κ3) is 5.42. The molecule has 8 heteroatoms. The van der Waals surface area contributed by atoms with Gasteiger partial charge in [-0.2, -0.15) is 0 Å². The molecule has 2 aliphatic carbocycles. The summed E-state index contributed by atoms with van der Waals surface area (Å²) in [6.07, 6.45) is 8.12. The molecule has 1 amide bonds. The number of nitrogens with zero attached hydrogens (tertiary/aromatic N) is 1. The van der Waals surface area contributed by atoms with Crippen molar-refractivity contribution in [2.24, 2.45) is 17.8 Å². The van der Waals surface area contributed by atoms with Crippen LogP contribution in [0, 0.1) is 17.8 Å². The van der Waals surface area contributed by atoms with E-state index in [9.17, 15) is 19.8 Å². The lowest BCUT2D eigenvalue weighted by molar-refractivity contribution is -0.145. The number of carbonyl (C=O) groups excluding carboxylic acids is 1. The van der Waals surface area contributed by atoms with E-state index in [0.29, 0.717) is 31.0 Å². The molecule has 0 saturated carbocycles. The molecule has 3 unspecified atom stereocenters. The maximum Gasteiger partial charge on any atom is 0.335 e. The quantitative estimate of drug-likeness (QED) is 0.617. The molecular weight excluding hydrogens is 414 g/mol. The molecule has 1 saturated heterocycles. The summed E-state index contributed by atoms with van der Waals surface area (Å²) < 4.78 is 16.6. The Morgan fingerprint density at radius 2 is 1.91 bits per heavy atom. The van der Waals surface area contributed by atoms with Crippen molar-refractivity contribution in [1.29, 1.82) is 0 Å². The molecule has 3 aliphatic rings. The predicted molar refractivity (Wildman–Crippen MR) is 117 cm³/mol. The van der Waals surface area contributed by atoms with E-state index >= 15 is 0 Å². The van der Waals surface area contributed by atoms with E-state index in [1.165, 1.54) is 14.2 Å². The van der Waals surface area contributed by atoms with Crippen LogP contribution in [0.2, 0.25) is 0 Å². The number of methoxy groups -OCH3 is 2. The SMILES string of the molecule is COC1=CC(O)C(C(CC(=O)N2C[C@@H](C)O[C@@H](C)C2)[C@@H]2C=CC(C(=O)O)=CC2)C(OC)=C1. The largest absolute Gasteiger partial charge is 0.501 e. The maximum atomic E-state index is 13.3. The number of carboxylic acids is 1. The van der Waals surface area contributed by atoms with E-state index < -0.39 is 18.0 Å². The Balaban J connectivity index is 1.88. The lowest BCUT2D eigenvalue weighted by Crippen LogP contribution is -2.49. The van der Waals surface area contributed by atoms with Crippen molar-refractivity contribution < 1.29 is 34.0 Å². The van der Waals surface area contributed by atoms with E-state index in [-0.39, 0.29) is 41.9 Å². The highest BCUT2D eigenvalue weighted by atomic mass is 16.5. The lowest BCUT2D eigenvalue weighted by Gasteiger charge is -2.40. The van der Waals surface area contributed by atoms with Gasteiger partial charge in [0.25, 0.3) is 0 Å². The second-order valence-electron chi connectivity index (χ2n) is 8.69. The molecule has 3 rings (SSSR count). The highest BCUT2D eigenvalue weighted by molar-refractivity contribution is 5.90. The highest BCUT2D eigenvalue weighted by Crippen LogP contribution is 2.40. The average molecular weight is 448 g/mol. The monoisotopic (exact) mass is 447 g/mol. The van der Waals surface area contributed by atoms with Gasteiger partial charge < -0.3 is 29.3 Å². The van der Waals surface area contributed by atoms with Gasteiger partial charge in [-0.25, -0.2) is 4.79 Å². The topological polar surface area (TPSA) is 106 Å². The number of rotatable bonds is 7. The van der Waals surface area contributed by atoms with Crippen molar-refractivity contribution in [3.8, 4) is 0 Å². The summed E-state index contributed by atoms with van der Waals surface area (Å²) in [5.41, 5.74) is 0.232. The first kappa shape index (κ1) is 24.1. The van der Waals surface area contributed by atoms with Crippen LogP contribution >= 0.6 is 0 Å². The number of aliphatic hydroxyl groups is 1. The molecular formula is C24H33NO7. The molecule has 0 spiro atoms. The van der Waals surface area contributed by atoms with E-state index in [1.54, 1.807) is 24.3 Å². The van der Waals surface area contributed by atoms with Crippen molar-refractivity contribution >= 4 is 11.9 Å². The maximum absolute atomic E-state index is 13.3. The number of ether oxygens (including phenoxy) is 3. The van der Waals surface area contributed by atoms with Crippen molar-refractivity contribution in [3.63, 3.8) is 0 Å². The van der Waals surface area contributed by atoms with Crippen LogP contribution in [0.15, 0.2) is 47.5 Å². The number of carbonyl (C=O) groups is 2. The molecule has 1 heterocycles. The molecule has 0 aromatic carbocycles. The molecule has 0 bridgehead atoms. The van der Waals surface area contributed by atoms with Crippen molar-refractivity contribution in [2.75, 3.05) is 27.3 Å². The summed E-state index contributed by atoms with van der Waals surface area (Å²) in [4.78, 5) is 26.5. The number of hydrogen-bond acceptors (Lipinski definition) is 6. The van der Waals surface area contributed by atoms with Crippen LogP contribution in [-0.4, -0.2) is 72.6 Å². The van der Waals surface area contributed by atoms with E-state index in [4.69, 9.17) is 14.2 Å². The summed E-state index contributed by atoms with van der Waals surface area (Å²) in [6.45, 7) is 4.94. The van der Waals surface area contributed by atoms with E-state index in [2.05, 4.69) is 0 Å². The molecule has 0 radical (unpaired) electrons. The van der Waals surface area contributed by atoms with Crippen LogP contribution in [0.3, 0.4) is 0 Å². The van der Waals surface area contributed by atoms with Crippen LogP contribution in [0.25, 0.3) is 0 Å². The van der Waals surface area contributed by atoms with Crippen LogP contribution < -0.4 is 0 Å². The molecule has 6 atom stereocenters. The Kier molecular flexibility index (Phi) is 7.79. The lowest BCUT2D eigenvalue weighted by atomic mass is 9.71. The fourth-order valence-electron chi connectivity index (χ4n) is 4.88. The molecule has 8 nitrogen and oxygen atoms in total. The number of aliphatic hydroxyl groups excluding tert-OH is 1. The van der Waals surface area contributed by atoms with Crippen LogP contribution in [0.5, 0.6) is 0 Å². The summed E-state index contributed by atoms with van der Waals surface area (Å²) in [5, 5.41) is 20.2. The normalized spacial score (nSPS) is 31.2. The van der Waals surface area contributed by atoms with Gasteiger partial charge in [-0.05, 0) is 38.2 Å². The zero-order valence-corrected chi connectivity index (χ0v) is 19.1. The van der Waals surface area contributed by atoms with Gasteiger partial charge >= 0.3 is 5.97 Å². The number of hydrogen-bond donors (Lipinski definition) is 2. The minimum Gasteiger partial charge on any atom is -0.501 e. The second kappa shape index (κ2) is 10.4. The average Bonchev–Trinajstić information content (AvgIpc) is 2.76. The van der Waals surface area contributed by atoms with E-state index in [1.807, 2.05) is 24.8 Å². The van der Waals surface area contributed by atoms with Crippen LogP contribution in [0.4, 0.5) is 0 Å². The Labute approximate surface area is 188 Å². The Morgan fingerprint density at radius 3 is 2.44 bits per heavy atom. The van der Waals surface area contributed by atoms with Gasteiger partial charge in [-0.15, -0.1) is 0 Å². The summed E-state index contributed by atoms with van der Waals surface area (Å²) >= 11 is 0. The summed E-state index contributed by atoms with van der Waals surface area (Å²) in [6, 6.07) is 0. The Bertz CT molecular complexity index is 833. The number of aliphatic carboxylic acids is 1.